The lowest BCUT2D eigenvalue weighted by Gasteiger charge is -2.16. The van der Waals surface area contributed by atoms with Gasteiger partial charge < -0.3 is 60.6 Å². The van der Waals surface area contributed by atoms with Crippen LogP contribution in [-0.2, 0) is 71.7 Å². The second-order valence-electron chi connectivity index (χ2n) is 20.1. The summed E-state index contributed by atoms with van der Waals surface area (Å²) in [6.45, 7) is 4.20. The van der Waals surface area contributed by atoms with Gasteiger partial charge in [-0.05, 0) is 58.3 Å². The highest BCUT2D eigenvalue weighted by molar-refractivity contribution is 5.87. The fourth-order valence-corrected chi connectivity index (χ4v) is 8.45. The van der Waals surface area contributed by atoms with Gasteiger partial charge in [-0.2, -0.15) is 0 Å². The minimum Gasteiger partial charge on any atom is -0.481 e. The number of carboxylic acid groups (broad SMARTS) is 4. The summed E-state index contributed by atoms with van der Waals surface area (Å²) in [5, 5.41) is 47.7. The van der Waals surface area contributed by atoms with Crippen molar-refractivity contribution >= 4 is 64.9 Å². The molecule has 0 saturated heterocycles. The quantitative estimate of drug-likeness (QED) is 0.0336. The van der Waals surface area contributed by atoms with Gasteiger partial charge >= 0.3 is 23.9 Å². The van der Waals surface area contributed by atoms with Crippen molar-refractivity contribution in [3.63, 3.8) is 0 Å². The summed E-state index contributed by atoms with van der Waals surface area (Å²) in [4.78, 5) is 131. The molecule has 0 radical (unpaired) electrons. The van der Waals surface area contributed by atoms with E-state index in [2.05, 4.69) is 21.3 Å². The molecule has 0 aliphatic carbocycles. The van der Waals surface area contributed by atoms with E-state index in [-0.39, 0.29) is 140 Å². The van der Waals surface area contributed by atoms with Crippen LogP contribution in [0.25, 0.3) is 0 Å². The standard InChI is InChI=1S/C56H96N4O19/c1-3-43(42(2)61)20-18-19-29-57-50(65)28-25-48(56(74)75)60-51(66)27-24-45(55(72)73)39-47(63)40-78-36-34-77-33-31-59-52(67)41-79-37-35-76-32-30-58-49(64)26-23-44(54(70)71)38-46(62)21-16-14-12-10-8-6-4-5-7-9-11-13-15-17-22-53(68)69/h43-45,48H,3-41H2,1-2H3,(H,57,65)(H,58,64)(H,59,67)(H,60,66)(H,68,69)(H,70,71)(H,72,73)(H,74,75)/t43-,44+,45+,48-/m0/s1. The zero-order chi connectivity index (χ0) is 58.9. The van der Waals surface area contributed by atoms with Crippen molar-refractivity contribution < 1.29 is 92.1 Å². The van der Waals surface area contributed by atoms with Crippen LogP contribution in [0.2, 0.25) is 0 Å². The first-order chi connectivity index (χ1) is 37.9. The second-order valence-corrected chi connectivity index (χ2v) is 20.1. The summed E-state index contributed by atoms with van der Waals surface area (Å²) >= 11 is 0. The van der Waals surface area contributed by atoms with Crippen LogP contribution in [0.1, 0.15) is 194 Å². The van der Waals surface area contributed by atoms with Crippen LogP contribution < -0.4 is 21.3 Å². The van der Waals surface area contributed by atoms with E-state index in [1.807, 2.05) is 6.92 Å². The normalized spacial score (nSPS) is 12.6. The van der Waals surface area contributed by atoms with Crippen molar-refractivity contribution in [2.45, 2.75) is 200 Å². The van der Waals surface area contributed by atoms with Crippen LogP contribution in [0.15, 0.2) is 0 Å². The molecule has 0 aromatic heterocycles. The van der Waals surface area contributed by atoms with E-state index >= 15 is 0 Å². The van der Waals surface area contributed by atoms with Gasteiger partial charge in [-0.3, -0.25) is 47.9 Å². The van der Waals surface area contributed by atoms with Crippen LogP contribution >= 0.6 is 0 Å². The topological polar surface area (TPSA) is 354 Å². The molecule has 23 nitrogen and oxygen atoms in total. The molecule has 8 N–H and O–H groups in total. The Morgan fingerprint density at radius 1 is 0.380 bits per heavy atom. The minimum absolute atomic E-state index is 0.00231. The number of aliphatic carboxylic acids is 4. The molecule has 0 saturated carbocycles. The largest absolute Gasteiger partial charge is 0.481 e. The Morgan fingerprint density at radius 3 is 1.29 bits per heavy atom. The van der Waals surface area contributed by atoms with E-state index in [0.717, 1.165) is 70.6 Å². The van der Waals surface area contributed by atoms with Crippen LogP contribution in [-0.4, -0.2) is 164 Å². The number of ketones is 3. The fraction of sp³-hybridized carbons (Fsp3) is 0.804. The molecule has 0 bridgehead atoms. The highest BCUT2D eigenvalue weighted by Crippen LogP contribution is 2.18. The Bertz CT molecular complexity index is 1780. The molecule has 0 spiro atoms. The van der Waals surface area contributed by atoms with E-state index in [0.29, 0.717) is 19.4 Å². The third-order valence-corrected chi connectivity index (χ3v) is 13.2. The van der Waals surface area contributed by atoms with Crippen molar-refractivity contribution in [3.05, 3.63) is 0 Å². The molecule has 23 heteroatoms. The van der Waals surface area contributed by atoms with Crippen molar-refractivity contribution in [2.24, 2.45) is 17.8 Å². The highest BCUT2D eigenvalue weighted by atomic mass is 16.5. The van der Waals surface area contributed by atoms with Crippen LogP contribution in [0.5, 0.6) is 0 Å². The number of carboxylic acids is 4. The number of nitrogens with one attached hydrogen (secondary N) is 4. The van der Waals surface area contributed by atoms with Gasteiger partial charge in [-0.15, -0.1) is 0 Å². The van der Waals surface area contributed by atoms with E-state index < -0.39 is 72.4 Å². The van der Waals surface area contributed by atoms with E-state index in [4.69, 9.17) is 24.1 Å². The summed E-state index contributed by atoms with van der Waals surface area (Å²) in [5.41, 5.74) is 0. The van der Waals surface area contributed by atoms with Gasteiger partial charge in [0, 0.05) is 70.5 Å². The first-order valence-corrected chi connectivity index (χ1v) is 28.7. The Labute approximate surface area is 466 Å². The number of ether oxygens (including phenoxy) is 4. The van der Waals surface area contributed by atoms with Gasteiger partial charge in [-0.25, -0.2) is 4.79 Å². The lowest BCUT2D eigenvalue weighted by molar-refractivity contribution is -0.145. The van der Waals surface area contributed by atoms with Crippen LogP contribution in [0.4, 0.5) is 0 Å². The van der Waals surface area contributed by atoms with Crippen molar-refractivity contribution in [1.29, 1.82) is 0 Å². The molecule has 454 valence electrons. The van der Waals surface area contributed by atoms with Crippen LogP contribution in [0, 0.1) is 17.8 Å². The third kappa shape index (κ3) is 46.1. The Hall–Kier alpha value is -5.39. The average molecular weight is 1130 g/mol. The maximum absolute atomic E-state index is 12.5. The number of carbonyl (C=O) groups is 11. The first-order valence-electron chi connectivity index (χ1n) is 28.7. The SMILES string of the molecule is CC[C@@H](CCCCNC(=O)CC[C@H](NC(=O)CC[C@H](CC(=O)COCCOCCNC(=O)COCCOCCNC(=O)CC[C@H](CC(=O)CCCCCCCCCCCCCCCCC(=O)O)C(=O)O)C(=O)O)C(=O)O)C(C)=O. The maximum atomic E-state index is 12.5. The molecule has 0 aliphatic rings. The van der Waals surface area contributed by atoms with E-state index in [1.165, 1.54) is 38.5 Å². The fourth-order valence-electron chi connectivity index (χ4n) is 8.45. The summed E-state index contributed by atoms with van der Waals surface area (Å²) in [7, 11) is 0. The predicted molar refractivity (Wildman–Crippen MR) is 291 cm³/mol. The Morgan fingerprint density at radius 2 is 0.810 bits per heavy atom. The average Bonchev–Trinajstić information content (AvgIpc) is 3.39. The lowest BCUT2D eigenvalue weighted by Crippen LogP contribution is -2.42. The number of amides is 4. The molecule has 0 aliphatic heterocycles. The molecule has 0 unspecified atom stereocenters. The summed E-state index contributed by atoms with van der Waals surface area (Å²) in [6.07, 6.45) is 17.0. The second kappa shape index (κ2) is 49.6. The lowest BCUT2D eigenvalue weighted by atomic mass is 9.94. The van der Waals surface area contributed by atoms with Crippen molar-refractivity contribution in [3.8, 4) is 0 Å². The Balaban J connectivity index is 3.97. The summed E-state index contributed by atoms with van der Waals surface area (Å²) in [5.74, 6) is -9.03. The van der Waals surface area contributed by atoms with Gasteiger partial charge in [0.25, 0.3) is 0 Å². The van der Waals surface area contributed by atoms with Gasteiger partial charge in [-0.1, -0.05) is 90.4 Å². The van der Waals surface area contributed by atoms with Crippen molar-refractivity contribution in [1.82, 2.24) is 21.3 Å². The van der Waals surface area contributed by atoms with Gasteiger partial charge in [0.2, 0.25) is 23.6 Å². The molecular weight excluding hydrogens is 1030 g/mol. The summed E-state index contributed by atoms with van der Waals surface area (Å²) < 4.78 is 21.3. The van der Waals surface area contributed by atoms with Gasteiger partial charge in [0.05, 0.1) is 51.5 Å². The number of hydrogen-bond donors (Lipinski definition) is 8. The highest BCUT2D eigenvalue weighted by Gasteiger charge is 2.26. The molecule has 4 atom stereocenters. The molecule has 4 amide bonds. The van der Waals surface area contributed by atoms with Crippen molar-refractivity contribution in [2.75, 3.05) is 72.5 Å². The van der Waals surface area contributed by atoms with Gasteiger partial charge in [0.1, 0.15) is 30.8 Å². The molecular formula is C56H96N4O19. The zero-order valence-electron chi connectivity index (χ0n) is 47.3. The number of hydrogen-bond acceptors (Lipinski definition) is 15. The number of Topliss-reactive ketones (excluding diaryl/α,β-unsaturated/α-hetero) is 3. The van der Waals surface area contributed by atoms with E-state index in [1.54, 1.807) is 6.92 Å². The molecule has 79 heavy (non-hydrogen) atoms. The van der Waals surface area contributed by atoms with Gasteiger partial charge in [0.15, 0.2) is 5.78 Å². The maximum Gasteiger partial charge on any atom is 0.326 e. The number of rotatable bonds is 57. The molecule has 0 rings (SSSR count). The molecule has 0 aromatic rings. The smallest absolute Gasteiger partial charge is 0.326 e. The first kappa shape index (κ1) is 73.6. The number of carbonyl (C=O) groups excluding carboxylic acids is 7. The van der Waals surface area contributed by atoms with E-state index in [9.17, 15) is 68.1 Å². The molecule has 0 fully saturated rings. The third-order valence-electron chi connectivity index (χ3n) is 13.2. The Kier molecular flexibility index (Phi) is 46.3. The molecule has 0 aromatic carbocycles. The monoisotopic (exact) mass is 1130 g/mol. The van der Waals surface area contributed by atoms with Crippen LogP contribution in [0.3, 0.4) is 0 Å². The number of unbranched alkanes of at least 4 members (excludes halogenated alkanes) is 14. The zero-order valence-corrected chi connectivity index (χ0v) is 47.3. The molecule has 0 heterocycles. The predicted octanol–water partition coefficient (Wildman–Crippen LogP) is 5.74. The summed E-state index contributed by atoms with van der Waals surface area (Å²) in [6, 6.07) is -1.37. The minimum atomic E-state index is -1.37.